The molecular weight excluding hydrogens is 457 g/mol. The van der Waals surface area contributed by atoms with Crippen LogP contribution in [0.4, 0.5) is 38.1 Å². The van der Waals surface area contributed by atoms with Gasteiger partial charge >= 0.3 is 12.0 Å². The molecular formula is C20H18F5N3O5. The van der Waals surface area contributed by atoms with E-state index in [9.17, 15) is 41.7 Å². The Balaban J connectivity index is 1.63. The van der Waals surface area contributed by atoms with Crippen LogP contribution in [0.3, 0.4) is 0 Å². The lowest BCUT2D eigenvalue weighted by Gasteiger charge is -2.09. The van der Waals surface area contributed by atoms with Gasteiger partial charge in [-0.2, -0.15) is 0 Å². The molecule has 2 rings (SSSR count). The number of halogens is 5. The van der Waals surface area contributed by atoms with Crippen LogP contribution >= 0.6 is 0 Å². The van der Waals surface area contributed by atoms with Crippen LogP contribution in [-0.2, 0) is 4.74 Å². The summed E-state index contributed by atoms with van der Waals surface area (Å²) in [5.41, 5.74) is -1.39. The molecule has 0 aliphatic heterocycles. The van der Waals surface area contributed by atoms with Gasteiger partial charge < -0.3 is 15.4 Å². The number of carbonyl (C=O) groups is 2. The van der Waals surface area contributed by atoms with Crippen LogP contribution in [-0.4, -0.2) is 30.1 Å². The zero-order chi connectivity index (χ0) is 24.5. The van der Waals surface area contributed by atoms with Crippen molar-refractivity contribution in [3.63, 3.8) is 0 Å². The molecule has 2 aromatic rings. The maximum Gasteiger partial charge on any atom is 0.344 e. The highest BCUT2D eigenvalue weighted by Gasteiger charge is 2.30. The molecule has 0 saturated carbocycles. The molecule has 0 radical (unpaired) electrons. The van der Waals surface area contributed by atoms with Crippen molar-refractivity contribution >= 4 is 23.4 Å². The summed E-state index contributed by atoms with van der Waals surface area (Å²) < 4.78 is 70.9. The zero-order valence-corrected chi connectivity index (χ0v) is 16.9. The smallest absolute Gasteiger partial charge is 0.344 e. The Bertz CT molecular complexity index is 1000. The number of nitrogens with zero attached hydrogens (tertiary/aromatic N) is 1. The molecule has 0 fully saturated rings. The van der Waals surface area contributed by atoms with Gasteiger partial charge in [0.05, 0.1) is 11.5 Å². The van der Waals surface area contributed by atoms with Crippen molar-refractivity contribution in [1.29, 1.82) is 0 Å². The van der Waals surface area contributed by atoms with Crippen molar-refractivity contribution in [3.8, 4) is 0 Å². The largest absolute Gasteiger partial charge is 0.462 e. The number of urea groups is 1. The lowest BCUT2D eigenvalue weighted by Crippen LogP contribution is -2.29. The number of nitro benzene ring substituents is 1. The number of nitro groups is 1. The molecule has 0 aliphatic carbocycles. The maximum absolute atomic E-state index is 13.5. The Morgan fingerprint density at radius 3 is 1.97 bits per heavy atom. The Morgan fingerprint density at radius 2 is 1.39 bits per heavy atom. The molecule has 2 aromatic carbocycles. The van der Waals surface area contributed by atoms with Gasteiger partial charge in [0, 0.05) is 24.4 Å². The Labute approximate surface area is 183 Å². The summed E-state index contributed by atoms with van der Waals surface area (Å²) in [6.07, 6.45) is 1.88. The minimum Gasteiger partial charge on any atom is -0.462 e. The molecule has 13 heteroatoms. The fraction of sp³-hybridized carbons (Fsp3) is 0.300. The number of nitrogens with one attached hydrogen (secondary N) is 2. The third-order valence-corrected chi connectivity index (χ3v) is 4.34. The standard InChI is InChI=1S/C20H18F5N3O5/c21-14-13(15(22)17(24)18(25)16(14)23)19(29)33-10-4-2-1-3-9-26-20(30)27-11-5-7-12(8-6-11)28(31)32/h5-8H,1-4,9-10H2,(H2,26,27,30). The minimum atomic E-state index is -2.36. The number of rotatable bonds is 10. The summed E-state index contributed by atoms with van der Waals surface area (Å²) in [5, 5.41) is 15.6. The normalized spacial score (nSPS) is 10.6. The number of non-ortho nitro benzene ring substituents is 1. The number of hydrogen-bond acceptors (Lipinski definition) is 5. The fourth-order valence-corrected chi connectivity index (χ4v) is 2.65. The van der Waals surface area contributed by atoms with Gasteiger partial charge in [-0.1, -0.05) is 6.42 Å². The van der Waals surface area contributed by atoms with E-state index in [0.29, 0.717) is 31.5 Å². The summed E-state index contributed by atoms with van der Waals surface area (Å²) in [4.78, 5) is 33.4. The Hall–Kier alpha value is -3.77. The van der Waals surface area contributed by atoms with E-state index >= 15 is 0 Å². The number of unbranched alkanes of at least 4 members (excludes halogenated alkanes) is 3. The molecule has 0 bridgehead atoms. The van der Waals surface area contributed by atoms with Crippen LogP contribution in [0.5, 0.6) is 0 Å². The van der Waals surface area contributed by atoms with Crippen molar-refractivity contribution in [2.75, 3.05) is 18.5 Å². The number of amides is 2. The van der Waals surface area contributed by atoms with Gasteiger partial charge in [-0.25, -0.2) is 31.5 Å². The molecule has 2 amide bonds. The molecule has 2 N–H and O–H groups in total. The van der Waals surface area contributed by atoms with Gasteiger partial charge in [0.2, 0.25) is 5.82 Å². The van der Waals surface area contributed by atoms with Crippen molar-refractivity contribution in [2.24, 2.45) is 0 Å². The summed E-state index contributed by atoms with van der Waals surface area (Å²) >= 11 is 0. The van der Waals surface area contributed by atoms with Crippen molar-refractivity contribution in [1.82, 2.24) is 5.32 Å². The third kappa shape index (κ3) is 6.85. The first-order valence-electron chi connectivity index (χ1n) is 9.61. The second-order valence-corrected chi connectivity index (χ2v) is 6.68. The first kappa shape index (κ1) is 25.5. The van der Waals surface area contributed by atoms with E-state index in [1.165, 1.54) is 24.3 Å². The maximum atomic E-state index is 13.5. The summed E-state index contributed by atoms with van der Waals surface area (Å²) in [5.74, 6) is -13.0. The first-order chi connectivity index (χ1) is 15.6. The summed E-state index contributed by atoms with van der Waals surface area (Å²) in [6, 6.07) is 4.74. The van der Waals surface area contributed by atoms with Crippen molar-refractivity contribution < 1.29 is 41.2 Å². The van der Waals surface area contributed by atoms with Crippen LogP contribution in [0, 0.1) is 39.2 Å². The molecule has 178 valence electrons. The SMILES string of the molecule is O=C(NCCCCCCOC(=O)c1c(F)c(F)c(F)c(F)c1F)Nc1ccc([N+](=O)[O-])cc1. The average molecular weight is 475 g/mol. The predicted molar refractivity (Wildman–Crippen MR) is 105 cm³/mol. The van der Waals surface area contributed by atoms with E-state index in [0.717, 1.165) is 0 Å². The van der Waals surface area contributed by atoms with Crippen LogP contribution in [0.15, 0.2) is 24.3 Å². The molecule has 0 aromatic heterocycles. The molecule has 0 atom stereocenters. The third-order valence-electron chi connectivity index (χ3n) is 4.34. The lowest BCUT2D eigenvalue weighted by molar-refractivity contribution is -0.384. The van der Waals surface area contributed by atoms with Gasteiger partial charge in [-0.3, -0.25) is 10.1 Å². The van der Waals surface area contributed by atoms with E-state index in [1.54, 1.807) is 0 Å². The van der Waals surface area contributed by atoms with Crippen LogP contribution in [0.25, 0.3) is 0 Å². The monoisotopic (exact) mass is 475 g/mol. The second-order valence-electron chi connectivity index (χ2n) is 6.68. The van der Waals surface area contributed by atoms with E-state index in [-0.39, 0.29) is 18.7 Å². The van der Waals surface area contributed by atoms with Gasteiger partial charge in [-0.15, -0.1) is 0 Å². The highest BCUT2D eigenvalue weighted by Crippen LogP contribution is 2.23. The molecule has 0 unspecified atom stereocenters. The average Bonchev–Trinajstić information content (AvgIpc) is 2.78. The van der Waals surface area contributed by atoms with Gasteiger partial charge in [-0.05, 0) is 31.4 Å². The van der Waals surface area contributed by atoms with Crippen molar-refractivity contribution in [2.45, 2.75) is 25.7 Å². The quantitative estimate of drug-likeness (QED) is 0.0973. The Kier molecular flexibility index (Phi) is 9.07. The molecule has 0 spiro atoms. The fourth-order valence-electron chi connectivity index (χ4n) is 2.65. The zero-order valence-electron chi connectivity index (χ0n) is 16.9. The summed E-state index contributed by atoms with van der Waals surface area (Å²) in [7, 11) is 0. The predicted octanol–water partition coefficient (Wildman–Crippen LogP) is 4.83. The molecule has 33 heavy (non-hydrogen) atoms. The van der Waals surface area contributed by atoms with Crippen LogP contribution in [0.1, 0.15) is 36.0 Å². The van der Waals surface area contributed by atoms with E-state index in [2.05, 4.69) is 15.4 Å². The highest BCUT2D eigenvalue weighted by molar-refractivity contribution is 5.90. The topological polar surface area (TPSA) is 111 Å². The number of hydrogen-bond donors (Lipinski definition) is 2. The highest BCUT2D eigenvalue weighted by atomic mass is 19.2. The number of esters is 1. The lowest BCUT2D eigenvalue weighted by atomic mass is 10.1. The molecule has 0 aliphatic rings. The van der Waals surface area contributed by atoms with Gasteiger partial charge in [0.1, 0.15) is 5.56 Å². The van der Waals surface area contributed by atoms with Crippen molar-refractivity contribution in [3.05, 3.63) is 69.0 Å². The van der Waals surface area contributed by atoms with Gasteiger partial charge in [0.25, 0.3) is 5.69 Å². The van der Waals surface area contributed by atoms with E-state index in [1.807, 2.05) is 0 Å². The first-order valence-corrected chi connectivity index (χ1v) is 9.61. The Morgan fingerprint density at radius 1 is 0.848 bits per heavy atom. The molecule has 0 saturated heterocycles. The summed E-state index contributed by atoms with van der Waals surface area (Å²) in [6.45, 7) is -0.00442. The van der Waals surface area contributed by atoms with Crippen LogP contribution in [0.2, 0.25) is 0 Å². The van der Waals surface area contributed by atoms with E-state index < -0.39 is 51.6 Å². The van der Waals surface area contributed by atoms with Gasteiger partial charge in [0.15, 0.2) is 23.3 Å². The number of anilines is 1. The number of carbonyl (C=O) groups excluding carboxylic acids is 2. The number of benzene rings is 2. The molecule has 0 heterocycles. The minimum absolute atomic E-state index is 0.112. The molecule has 8 nitrogen and oxygen atoms in total. The number of ether oxygens (including phenoxy) is 1. The van der Waals surface area contributed by atoms with Crippen LogP contribution < -0.4 is 10.6 Å². The second kappa shape index (κ2) is 11.7. The van der Waals surface area contributed by atoms with E-state index in [4.69, 9.17) is 0 Å².